The Morgan fingerprint density at radius 1 is 1.36 bits per heavy atom. The summed E-state index contributed by atoms with van der Waals surface area (Å²) in [7, 11) is 0. The lowest BCUT2D eigenvalue weighted by molar-refractivity contribution is -0.0243. The van der Waals surface area contributed by atoms with Crippen LogP contribution < -0.4 is 4.74 Å². The van der Waals surface area contributed by atoms with E-state index in [2.05, 4.69) is 0 Å². The summed E-state index contributed by atoms with van der Waals surface area (Å²) in [6.07, 6.45) is 0. The van der Waals surface area contributed by atoms with E-state index in [1.807, 2.05) is 24.3 Å². The second-order valence-electron chi connectivity index (χ2n) is 2.28. The maximum absolute atomic E-state index is 5.84. The molecule has 58 valence electrons. The third-order valence-electron chi connectivity index (χ3n) is 1.59. The molecule has 2 nitrogen and oxygen atoms in total. The van der Waals surface area contributed by atoms with Gasteiger partial charge in [-0.05, 0) is 6.07 Å². The lowest BCUT2D eigenvalue weighted by atomic mass is 10.2. The Labute approximate surface area is 69.7 Å². The van der Waals surface area contributed by atoms with Crippen molar-refractivity contribution in [1.82, 2.24) is 0 Å². The van der Waals surface area contributed by atoms with E-state index in [4.69, 9.17) is 21.1 Å². The first kappa shape index (κ1) is 6.95. The molecule has 0 N–H and O–H groups in total. The fourth-order valence-electron chi connectivity index (χ4n) is 1.05. The normalized spacial score (nSPS) is 22.1. The van der Waals surface area contributed by atoms with Gasteiger partial charge in [-0.15, -0.1) is 0 Å². The largest absolute Gasteiger partial charge is 0.467 e. The van der Waals surface area contributed by atoms with E-state index in [-0.39, 0.29) is 12.4 Å². The van der Waals surface area contributed by atoms with Gasteiger partial charge < -0.3 is 9.47 Å². The van der Waals surface area contributed by atoms with Crippen molar-refractivity contribution in [3.63, 3.8) is 0 Å². The molecule has 0 aliphatic carbocycles. The number of halogens is 1. The highest BCUT2D eigenvalue weighted by atomic mass is 35.5. The standard InChI is InChI=1S/C8H7ClO2/c9-8-6-3-1-2-4-7(6)10-5-11-8/h1-4,8H,5H2. The molecule has 1 aromatic rings. The number of ether oxygens (including phenoxy) is 2. The Bertz CT molecular complexity index is 262. The maximum Gasteiger partial charge on any atom is 0.191 e. The zero-order chi connectivity index (χ0) is 7.68. The first-order valence-corrected chi connectivity index (χ1v) is 3.79. The number of benzene rings is 1. The number of rotatable bonds is 0. The van der Waals surface area contributed by atoms with E-state index >= 15 is 0 Å². The van der Waals surface area contributed by atoms with Gasteiger partial charge in [-0.2, -0.15) is 0 Å². The predicted molar refractivity (Wildman–Crippen MR) is 41.6 cm³/mol. The summed E-state index contributed by atoms with van der Waals surface area (Å²) >= 11 is 5.84. The predicted octanol–water partition coefficient (Wildman–Crippen LogP) is 2.29. The number of fused-ring (bicyclic) bond motifs is 1. The molecule has 0 radical (unpaired) electrons. The van der Waals surface area contributed by atoms with Crippen molar-refractivity contribution < 1.29 is 9.47 Å². The summed E-state index contributed by atoms with van der Waals surface area (Å²) in [6, 6.07) is 7.60. The van der Waals surface area contributed by atoms with Gasteiger partial charge in [-0.25, -0.2) is 0 Å². The van der Waals surface area contributed by atoms with Gasteiger partial charge in [0.1, 0.15) is 5.75 Å². The van der Waals surface area contributed by atoms with Crippen LogP contribution in [0.15, 0.2) is 24.3 Å². The molecule has 1 atom stereocenters. The summed E-state index contributed by atoms with van der Waals surface area (Å²) in [4.78, 5) is 0. The molecule has 0 saturated heterocycles. The Hall–Kier alpha value is -0.730. The van der Waals surface area contributed by atoms with Crippen LogP contribution >= 0.6 is 11.6 Å². The van der Waals surface area contributed by atoms with E-state index in [0.29, 0.717) is 0 Å². The molecule has 0 spiro atoms. The van der Waals surface area contributed by atoms with Crippen LogP contribution in [0.25, 0.3) is 0 Å². The van der Waals surface area contributed by atoms with Gasteiger partial charge >= 0.3 is 0 Å². The number of alkyl halides is 1. The van der Waals surface area contributed by atoms with Crippen molar-refractivity contribution in [2.45, 2.75) is 5.56 Å². The van der Waals surface area contributed by atoms with E-state index in [9.17, 15) is 0 Å². The highest BCUT2D eigenvalue weighted by Gasteiger charge is 2.18. The molecule has 1 aromatic carbocycles. The minimum atomic E-state index is -0.361. The first-order chi connectivity index (χ1) is 5.38. The highest BCUT2D eigenvalue weighted by Crippen LogP contribution is 2.33. The summed E-state index contributed by atoms with van der Waals surface area (Å²) in [5.41, 5.74) is 0.542. The van der Waals surface area contributed by atoms with Gasteiger partial charge in [0.15, 0.2) is 12.4 Å². The Morgan fingerprint density at radius 3 is 3.00 bits per heavy atom. The number of para-hydroxylation sites is 1. The molecule has 2 rings (SSSR count). The topological polar surface area (TPSA) is 18.5 Å². The molecular weight excluding hydrogens is 164 g/mol. The molecule has 1 heterocycles. The quantitative estimate of drug-likeness (QED) is 0.557. The molecule has 1 unspecified atom stereocenters. The molecular formula is C8H7ClO2. The van der Waals surface area contributed by atoms with Crippen LogP contribution in [0.5, 0.6) is 5.75 Å². The minimum Gasteiger partial charge on any atom is -0.467 e. The lowest BCUT2D eigenvalue weighted by Gasteiger charge is -2.21. The van der Waals surface area contributed by atoms with Crippen LogP contribution in [0.2, 0.25) is 0 Å². The van der Waals surface area contributed by atoms with Gasteiger partial charge in [0.2, 0.25) is 0 Å². The summed E-state index contributed by atoms with van der Waals surface area (Å²) in [5.74, 6) is 0.818. The van der Waals surface area contributed by atoms with Crippen LogP contribution in [0, 0.1) is 0 Å². The average molecular weight is 171 g/mol. The van der Waals surface area contributed by atoms with Crippen molar-refractivity contribution in [1.29, 1.82) is 0 Å². The molecule has 0 aromatic heterocycles. The van der Waals surface area contributed by atoms with E-state index in [1.54, 1.807) is 0 Å². The Balaban J connectivity index is 2.44. The van der Waals surface area contributed by atoms with Crippen molar-refractivity contribution in [2.24, 2.45) is 0 Å². The molecule has 0 fully saturated rings. The zero-order valence-corrected chi connectivity index (χ0v) is 6.54. The van der Waals surface area contributed by atoms with Gasteiger partial charge in [-0.1, -0.05) is 29.8 Å². The van der Waals surface area contributed by atoms with Gasteiger partial charge in [0, 0.05) is 5.56 Å². The summed E-state index contributed by atoms with van der Waals surface area (Å²) in [6.45, 7) is 0.241. The van der Waals surface area contributed by atoms with Crippen molar-refractivity contribution in [2.75, 3.05) is 6.79 Å². The molecule has 0 amide bonds. The van der Waals surface area contributed by atoms with Crippen LogP contribution in [-0.2, 0) is 4.74 Å². The van der Waals surface area contributed by atoms with Gasteiger partial charge in [0.05, 0.1) is 0 Å². The maximum atomic E-state index is 5.84. The van der Waals surface area contributed by atoms with E-state index < -0.39 is 0 Å². The second kappa shape index (κ2) is 2.72. The van der Waals surface area contributed by atoms with Crippen LogP contribution in [-0.4, -0.2) is 6.79 Å². The molecule has 0 saturated carbocycles. The first-order valence-electron chi connectivity index (χ1n) is 3.35. The van der Waals surface area contributed by atoms with Crippen molar-refractivity contribution in [3.05, 3.63) is 29.8 Å². The number of hydrogen-bond acceptors (Lipinski definition) is 2. The molecule has 1 aliphatic rings. The number of hydrogen-bond donors (Lipinski definition) is 0. The fraction of sp³-hybridized carbons (Fsp3) is 0.250. The van der Waals surface area contributed by atoms with E-state index in [1.165, 1.54) is 0 Å². The lowest BCUT2D eigenvalue weighted by Crippen LogP contribution is -2.13. The Kier molecular flexibility index (Phi) is 1.72. The zero-order valence-electron chi connectivity index (χ0n) is 5.79. The monoisotopic (exact) mass is 170 g/mol. The van der Waals surface area contributed by atoms with Crippen molar-refractivity contribution >= 4 is 11.6 Å². The van der Waals surface area contributed by atoms with Crippen molar-refractivity contribution in [3.8, 4) is 5.75 Å². The highest BCUT2D eigenvalue weighted by molar-refractivity contribution is 6.20. The summed E-state index contributed by atoms with van der Waals surface area (Å²) in [5, 5.41) is 0. The van der Waals surface area contributed by atoms with E-state index in [0.717, 1.165) is 11.3 Å². The fourth-order valence-corrected chi connectivity index (χ4v) is 1.28. The summed E-state index contributed by atoms with van der Waals surface area (Å²) < 4.78 is 10.2. The molecule has 3 heteroatoms. The van der Waals surface area contributed by atoms with Gasteiger partial charge in [0.25, 0.3) is 0 Å². The SMILES string of the molecule is ClC1OCOc2ccccc21. The third-order valence-corrected chi connectivity index (χ3v) is 1.95. The minimum absolute atomic E-state index is 0.241. The molecule has 1 aliphatic heterocycles. The average Bonchev–Trinajstić information content (AvgIpc) is 2.06. The van der Waals surface area contributed by atoms with Crippen LogP contribution in [0.1, 0.15) is 11.1 Å². The van der Waals surface area contributed by atoms with Gasteiger partial charge in [-0.3, -0.25) is 0 Å². The van der Waals surface area contributed by atoms with Crippen LogP contribution in [0.4, 0.5) is 0 Å². The third kappa shape index (κ3) is 1.19. The smallest absolute Gasteiger partial charge is 0.191 e. The second-order valence-corrected chi connectivity index (χ2v) is 2.68. The Morgan fingerprint density at radius 2 is 2.18 bits per heavy atom. The molecule has 11 heavy (non-hydrogen) atoms. The van der Waals surface area contributed by atoms with Crippen LogP contribution in [0.3, 0.4) is 0 Å². The molecule has 0 bridgehead atoms.